The SMILES string of the molecule is CS(=O)(=O)CCCOc1ccc(OC2C=C(CO)CCC2)cn1. The van der Waals surface area contributed by atoms with E-state index in [0.29, 0.717) is 24.7 Å². The molecule has 0 spiro atoms. The van der Waals surface area contributed by atoms with E-state index in [4.69, 9.17) is 9.47 Å². The van der Waals surface area contributed by atoms with E-state index in [0.717, 1.165) is 24.8 Å². The summed E-state index contributed by atoms with van der Waals surface area (Å²) < 4.78 is 33.3. The molecule has 7 heteroatoms. The highest BCUT2D eigenvalue weighted by Crippen LogP contribution is 2.23. The van der Waals surface area contributed by atoms with Gasteiger partial charge in [0.25, 0.3) is 0 Å². The van der Waals surface area contributed by atoms with Gasteiger partial charge in [0.15, 0.2) is 0 Å². The van der Waals surface area contributed by atoms with Crippen LogP contribution in [0, 0.1) is 0 Å². The number of aromatic nitrogens is 1. The summed E-state index contributed by atoms with van der Waals surface area (Å²) in [5.41, 5.74) is 1.01. The predicted octanol–water partition coefficient (Wildman–Crippen LogP) is 1.75. The van der Waals surface area contributed by atoms with Gasteiger partial charge >= 0.3 is 0 Å². The van der Waals surface area contributed by atoms with Crippen LogP contribution in [-0.2, 0) is 9.84 Å². The molecule has 0 aromatic carbocycles. The fraction of sp³-hybridized carbons (Fsp3) is 0.562. The second kappa shape index (κ2) is 8.31. The first-order valence-corrected chi connectivity index (χ1v) is 9.76. The number of aliphatic hydroxyl groups excluding tert-OH is 1. The molecule has 6 nitrogen and oxygen atoms in total. The topological polar surface area (TPSA) is 85.7 Å². The van der Waals surface area contributed by atoms with Crippen molar-refractivity contribution >= 4 is 9.84 Å². The minimum absolute atomic E-state index is 0.0331. The van der Waals surface area contributed by atoms with Crippen molar-refractivity contribution in [3.05, 3.63) is 30.0 Å². The van der Waals surface area contributed by atoms with Crippen molar-refractivity contribution in [3.63, 3.8) is 0 Å². The number of nitrogens with zero attached hydrogens (tertiary/aromatic N) is 1. The lowest BCUT2D eigenvalue weighted by atomic mass is 9.98. The summed E-state index contributed by atoms with van der Waals surface area (Å²) in [6.45, 7) is 0.393. The van der Waals surface area contributed by atoms with Gasteiger partial charge in [-0.2, -0.15) is 0 Å². The second-order valence-electron chi connectivity index (χ2n) is 5.70. The third kappa shape index (κ3) is 6.58. The first kappa shape index (κ1) is 17.7. The molecule has 0 bridgehead atoms. The molecule has 0 saturated heterocycles. The Kier molecular flexibility index (Phi) is 6.41. The van der Waals surface area contributed by atoms with Crippen molar-refractivity contribution in [3.8, 4) is 11.6 Å². The van der Waals surface area contributed by atoms with Gasteiger partial charge in [0.2, 0.25) is 5.88 Å². The van der Waals surface area contributed by atoms with E-state index in [1.807, 2.05) is 6.08 Å². The Morgan fingerprint density at radius 1 is 1.39 bits per heavy atom. The number of sulfone groups is 1. The van der Waals surface area contributed by atoms with Gasteiger partial charge in [0, 0.05) is 12.3 Å². The monoisotopic (exact) mass is 341 g/mol. The molecule has 128 valence electrons. The molecule has 0 amide bonds. The fourth-order valence-corrected chi connectivity index (χ4v) is 3.02. The minimum Gasteiger partial charge on any atom is -0.485 e. The van der Waals surface area contributed by atoms with Crippen molar-refractivity contribution in [1.29, 1.82) is 0 Å². The number of ether oxygens (including phenoxy) is 2. The Morgan fingerprint density at radius 2 is 2.22 bits per heavy atom. The first-order chi connectivity index (χ1) is 11.0. The highest BCUT2D eigenvalue weighted by atomic mass is 32.2. The quantitative estimate of drug-likeness (QED) is 0.573. The Bertz CT molecular complexity index is 624. The molecule has 1 heterocycles. The van der Waals surface area contributed by atoms with Crippen molar-refractivity contribution in [2.24, 2.45) is 0 Å². The molecule has 2 rings (SSSR count). The Morgan fingerprint density at radius 3 is 2.87 bits per heavy atom. The zero-order valence-electron chi connectivity index (χ0n) is 13.3. The van der Waals surface area contributed by atoms with E-state index in [-0.39, 0.29) is 18.5 Å². The summed E-state index contributed by atoms with van der Waals surface area (Å²) in [5, 5.41) is 9.17. The van der Waals surface area contributed by atoms with Gasteiger partial charge in [0.05, 0.1) is 25.2 Å². The maximum absolute atomic E-state index is 11.0. The molecule has 0 fully saturated rings. The van der Waals surface area contributed by atoms with Gasteiger partial charge < -0.3 is 14.6 Å². The van der Waals surface area contributed by atoms with Crippen molar-refractivity contribution in [2.75, 3.05) is 25.2 Å². The zero-order chi connectivity index (χ0) is 16.7. The smallest absolute Gasteiger partial charge is 0.213 e. The normalized spacial score (nSPS) is 18.3. The molecule has 1 unspecified atom stereocenters. The van der Waals surface area contributed by atoms with E-state index < -0.39 is 9.84 Å². The fourth-order valence-electron chi connectivity index (χ4n) is 2.38. The second-order valence-corrected chi connectivity index (χ2v) is 7.96. The minimum atomic E-state index is -2.95. The van der Waals surface area contributed by atoms with Crippen molar-refractivity contribution in [2.45, 2.75) is 31.8 Å². The maximum Gasteiger partial charge on any atom is 0.213 e. The molecule has 1 aromatic rings. The maximum atomic E-state index is 11.0. The van der Waals surface area contributed by atoms with Gasteiger partial charge in [-0.25, -0.2) is 13.4 Å². The number of rotatable bonds is 8. The highest BCUT2D eigenvalue weighted by molar-refractivity contribution is 7.90. The molecule has 0 aliphatic heterocycles. The van der Waals surface area contributed by atoms with Crippen LogP contribution in [0.2, 0.25) is 0 Å². The first-order valence-electron chi connectivity index (χ1n) is 7.70. The van der Waals surface area contributed by atoms with Crippen LogP contribution in [0.4, 0.5) is 0 Å². The molecule has 1 aromatic heterocycles. The van der Waals surface area contributed by atoms with Gasteiger partial charge in [-0.3, -0.25) is 0 Å². The Hall–Kier alpha value is -1.60. The lowest BCUT2D eigenvalue weighted by Gasteiger charge is -2.21. The molecule has 23 heavy (non-hydrogen) atoms. The largest absolute Gasteiger partial charge is 0.485 e. The van der Waals surface area contributed by atoms with E-state index in [1.165, 1.54) is 6.26 Å². The zero-order valence-corrected chi connectivity index (χ0v) is 14.1. The van der Waals surface area contributed by atoms with Crippen LogP contribution in [0.1, 0.15) is 25.7 Å². The average molecular weight is 341 g/mol. The molecule has 0 saturated carbocycles. The lowest BCUT2D eigenvalue weighted by molar-refractivity contribution is 0.219. The molecule has 0 radical (unpaired) electrons. The van der Waals surface area contributed by atoms with Gasteiger partial charge in [-0.1, -0.05) is 0 Å². The Labute approximate surface area is 137 Å². The number of hydrogen-bond acceptors (Lipinski definition) is 6. The lowest BCUT2D eigenvalue weighted by Crippen LogP contribution is -2.18. The molecule has 1 aliphatic rings. The molecule has 1 N–H and O–H groups in total. The van der Waals surface area contributed by atoms with Gasteiger partial charge in [0.1, 0.15) is 21.7 Å². The molecule has 1 atom stereocenters. The predicted molar refractivity (Wildman–Crippen MR) is 87.5 cm³/mol. The van der Waals surface area contributed by atoms with Crippen LogP contribution in [0.5, 0.6) is 11.6 Å². The summed E-state index contributed by atoms with van der Waals surface area (Å²) in [5.74, 6) is 1.20. The van der Waals surface area contributed by atoms with E-state index in [9.17, 15) is 13.5 Å². The average Bonchev–Trinajstić information content (AvgIpc) is 2.52. The molecular weight excluding hydrogens is 318 g/mol. The van der Waals surface area contributed by atoms with Crippen LogP contribution in [0.15, 0.2) is 30.0 Å². The standard InChI is InChI=1S/C16H23NO5S/c1-23(19,20)9-3-8-21-16-7-6-15(11-17-16)22-14-5-2-4-13(10-14)12-18/h6-7,10-11,14,18H,2-5,8-9,12H2,1H3. The third-order valence-corrected chi connectivity index (χ3v) is 4.55. The summed E-state index contributed by atoms with van der Waals surface area (Å²) in [6, 6.07) is 3.48. The van der Waals surface area contributed by atoms with Crippen LogP contribution in [0.3, 0.4) is 0 Å². The third-order valence-electron chi connectivity index (χ3n) is 3.52. The van der Waals surface area contributed by atoms with E-state index >= 15 is 0 Å². The van der Waals surface area contributed by atoms with Gasteiger partial charge in [-0.15, -0.1) is 0 Å². The molecular formula is C16H23NO5S. The summed E-state index contributed by atoms with van der Waals surface area (Å²) in [4.78, 5) is 4.15. The van der Waals surface area contributed by atoms with Crippen molar-refractivity contribution in [1.82, 2.24) is 4.98 Å². The number of hydrogen-bond donors (Lipinski definition) is 1. The Balaban J connectivity index is 1.80. The highest BCUT2D eigenvalue weighted by Gasteiger charge is 2.14. The number of pyridine rings is 1. The van der Waals surface area contributed by atoms with Crippen LogP contribution in [-0.4, -0.2) is 49.8 Å². The van der Waals surface area contributed by atoms with Crippen LogP contribution in [0.25, 0.3) is 0 Å². The summed E-state index contributed by atoms with van der Waals surface area (Å²) >= 11 is 0. The van der Waals surface area contributed by atoms with Crippen LogP contribution >= 0.6 is 0 Å². The van der Waals surface area contributed by atoms with E-state index in [2.05, 4.69) is 4.98 Å². The summed E-state index contributed by atoms with van der Waals surface area (Å²) in [6.07, 6.45) is 8.03. The van der Waals surface area contributed by atoms with Crippen LogP contribution < -0.4 is 9.47 Å². The number of aliphatic hydroxyl groups is 1. The summed E-state index contributed by atoms with van der Waals surface area (Å²) in [7, 11) is -2.95. The van der Waals surface area contributed by atoms with Crippen molar-refractivity contribution < 1.29 is 23.0 Å². The van der Waals surface area contributed by atoms with E-state index in [1.54, 1.807) is 18.3 Å². The van der Waals surface area contributed by atoms with Gasteiger partial charge in [-0.05, 0) is 43.4 Å². The molecule has 1 aliphatic carbocycles.